The number of nitrogens with one attached hydrogen (secondary N) is 2. The van der Waals surface area contributed by atoms with Crippen molar-refractivity contribution in [1.82, 2.24) is 10.6 Å². The molecule has 146 valence electrons. The fourth-order valence-electron chi connectivity index (χ4n) is 3.18. The zero-order valence-electron chi connectivity index (χ0n) is 16.2. The topological polar surface area (TPSA) is 68.0 Å². The summed E-state index contributed by atoms with van der Waals surface area (Å²) in [6.07, 6.45) is 6.68. The molecule has 0 aliphatic heterocycles. The van der Waals surface area contributed by atoms with Gasteiger partial charge in [0.25, 0.3) is 0 Å². The van der Waals surface area contributed by atoms with Crippen molar-refractivity contribution < 1.29 is 13.9 Å². The van der Waals surface area contributed by atoms with Gasteiger partial charge in [-0.2, -0.15) is 0 Å². The number of hydrogen-bond acceptors (Lipinski definition) is 4. The minimum absolute atomic E-state index is 0.296. The molecule has 1 fully saturated rings. The lowest BCUT2D eigenvalue weighted by atomic mass is 10.2. The fraction of sp³-hybridized carbons (Fsp3) is 0.476. The maximum atomic E-state index is 6.26. The lowest BCUT2D eigenvalue weighted by molar-refractivity contribution is 0.207. The van der Waals surface area contributed by atoms with Crippen LogP contribution in [0, 0.1) is 0 Å². The summed E-state index contributed by atoms with van der Waals surface area (Å²) < 4.78 is 17.0. The monoisotopic (exact) mass is 371 g/mol. The molecule has 27 heavy (non-hydrogen) atoms. The van der Waals surface area contributed by atoms with Crippen molar-refractivity contribution >= 4 is 5.96 Å². The molecule has 1 aliphatic rings. The van der Waals surface area contributed by atoms with E-state index in [-0.39, 0.29) is 0 Å². The summed E-state index contributed by atoms with van der Waals surface area (Å²) in [5.41, 5.74) is 1.05. The average molecular weight is 371 g/mol. The van der Waals surface area contributed by atoms with Gasteiger partial charge in [-0.25, -0.2) is 4.99 Å². The van der Waals surface area contributed by atoms with Crippen LogP contribution >= 0.6 is 0 Å². The highest BCUT2D eigenvalue weighted by atomic mass is 16.5. The number of hydrogen-bond donors (Lipinski definition) is 2. The molecular weight excluding hydrogens is 342 g/mol. The standard InChI is InChI=1S/C21H29N3O3/c1-3-22-21(24-15-19-9-6-12-26-19)23-14-16-10-11-18(25-2)13-20(16)27-17-7-4-5-8-17/h6,9-13,17H,3-5,7-8,14-15H2,1-2H3,(H2,22,23,24). The zero-order chi connectivity index (χ0) is 18.9. The van der Waals surface area contributed by atoms with Gasteiger partial charge in [-0.15, -0.1) is 0 Å². The van der Waals surface area contributed by atoms with E-state index in [4.69, 9.17) is 18.9 Å². The minimum atomic E-state index is 0.296. The number of ether oxygens (including phenoxy) is 2. The number of aliphatic imine (C=N–C) groups is 1. The first-order chi connectivity index (χ1) is 13.3. The summed E-state index contributed by atoms with van der Waals surface area (Å²) in [5.74, 6) is 3.29. The highest BCUT2D eigenvalue weighted by Gasteiger charge is 2.18. The van der Waals surface area contributed by atoms with Crippen LogP contribution in [0.2, 0.25) is 0 Å². The molecule has 0 unspecified atom stereocenters. The Hall–Kier alpha value is -2.63. The summed E-state index contributed by atoms with van der Waals surface area (Å²) in [5, 5.41) is 6.55. The molecule has 6 heteroatoms. The van der Waals surface area contributed by atoms with Crippen molar-refractivity contribution in [3.63, 3.8) is 0 Å². The number of benzene rings is 1. The molecule has 0 amide bonds. The van der Waals surface area contributed by atoms with E-state index in [2.05, 4.69) is 10.6 Å². The van der Waals surface area contributed by atoms with Gasteiger partial charge in [-0.1, -0.05) is 0 Å². The smallest absolute Gasteiger partial charge is 0.191 e. The van der Waals surface area contributed by atoms with Crippen LogP contribution < -0.4 is 20.1 Å². The molecule has 0 radical (unpaired) electrons. The Kier molecular flexibility index (Phi) is 7.02. The number of nitrogens with zero attached hydrogens (tertiary/aromatic N) is 1. The van der Waals surface area contributed by atoms with Gasteiger partial charge in [0.2, 0.25) is 0 Å². The van der Waals surface area contributed by atoms with Crippen molar-refractivity contribution in [1.29, 1.82) is 0 Å². The van der Waals surface area contributed by atoms with Gasteiger partial charge < -0.3 is 24.5 Å². The summed E-state index contributed by atoms with van der Waals surface area (Å²) in [6, 6.07) is 9.77. The first-order valence-corrected chi connectivity index (χ1v) is 9.66. The van der Waals surface area contributed by atoms with Crippen molar-refractivity contribution in [3.05, 3.63) is 47.9 Å². The zero-order valence-corrected chi connectivity index (χ0v) is 16.2. The molecule has 0 bridgehead atoms. The molecule has 6 nitrogen and oxygen atoms in total. The second-order valence-corrected chi connectivity index (χ2v) is 6.63. The Labute approximate surface area is 161 Å². The van der Waals surface area contributed by atoms with Crippen molar-refractivity contribution in [2.24, 2.45) is 4.99 Å². The van der Waals surface area contributed by atoms with Crippen molar-refractivity contribution in [2.75, 3.05) is 13.7 Å². The third-order valence-electron chi connectivity index (χ3n) is 4.63. The third kappa shape index (κ3) is 5.67. The quantitative estimate of drug-likeness (QED) is 0.545. The number of rotatable bonds is 8. The molecular formula is C21H29N3O3. The Bertz CT molecular complexity index is 722. The Balaban J connectivity index is 1.69. The van der Waals surface area contributed by atoms with Gasteiger partial charge >= 0.3 is 0 Å². The second-order valence-electron chi connectivity index (χ2n) is 6.63. The maximum Gasteiger partial charge on any atom is 0.191 e. The number of guanidine groups is 1. The maximum absolute atomic E-state index is 6.26. The van der Waals surface area contributed by atoms with Gasteiger partial charge in [0.1, 0.15) is 17.3 Å². The molecule has 2 aromatic rings. The summed E-state index contributed by atoms with van der Waals surface area (Å²) in [4.78, 5) is 4.71. The Morgan fingerprint density at radius 1 is 1.22 bits per heavy atom. The van der Waals surface area contributed by atoms with Gasteiger partial charge in [0, 0.05) is 18.2 Å². The van der Waals surface area contributed by atoms with Gasteiger partial charge in [0.05, 0.1) is 32.6 Å². The molecule has 3 rings (SSSR count). The minimum Gasteiger partial charge on any atom is -0.497 e. The molecule has 1 aliphatic carbocycles. The molecule has 1 aromatic heterocycles. The van der Waals surface area contributed by atoms with E-state index in [9.17, 15) is 0 Å². The van der Waals surface area contributed by atoms with Crippen LogP contribution in [0.1, 0.15) is 43.9 Å². The molecule has 1 aromatic carbocycles. The molecule has 1 heterocycles. The van der Waals surface area contributed by atoms with Crippen LogP contribution in [0.25, 0.3) is 0 Å². The fourth-order valence-corrected chi connectivity index (χ4v) is 3.18. The molecule has 0 saturated heterocycles. The molecule has 0 atom stereocenters. The van der Waals surface area contributed by atoms with Crippen LogP contribution in [0.3, 0.4) is 0 Å². The summed E-state index contributed by atoms with van der Waals surface area (Å²) in [7, 11) is 1.67. The van der Waals surface area contributed by atoms with Gasteiger partial charge in [0.15, 0.2) is 5.96 Å². The van der Waals surface area contributed by atoms with Crippen LogP contribution in [0.15, 0.2) is 46.0 Å². The lowest BCUT2D eigenvalue weighted by Gasteiger charge is -2.17. The average Bonchev–Trinajstić information content (AvgIpc) is 3.38. The van der Waals surface area contributed by atoms with Crippen LogP contribution in [-0.4, -0.2) is 25.7 Å². The van der Waals surface area contributed by atoms with E-state index < -0.39 is 0 Å². The van der Waals surface area contributed by atoms with E-state index in [0.29, 0.717) is 19.2 Å². The van der Waals surface area contributed by atoms with E-state index in [1.807, 2.05) is 37.3 Å². The van der Waals surface area contributed by atoms with Crippen LogP contribution in [0.5, 0.6) is 11.5 Å². The first-order valence-electron chi connectivity index (χ1n) is 9.66. The van der Waals surface area contributed by atoms with E-state index in [0.717, 1.165) is 48.2 Å². The molecule has 0 spiro atoms. The van der Waals surface area contributed by atoms with Gasteiger partial charge in [-0.05, 0) is 56.9 Å². The first kappa shape index (κ1) is 19.1. The van der Waals surface area contributed by atoms with E-state index >= 15 is 0 Å². The van der Waals surface area contributed by atoms with Crippen LogP contribution in [-0.2, 0) is 13.1 Å². The summed E-state index contributed by atoms with van der Waals surface area (Å²) in [6.45, 7) is 3.95. The largest absolute Gasteiger partial charge is 0.497 e. The summed E-state index contributed by atoms with van der Waals surface area (Å²) >= 11 is 0. The SMILES string of the molecule is CCNC(=NCc1ccc(OC)cc1OC1CCCC1)NCc1ccco1. The number of furan rings is 1. The Morgan fingerprint density at radius 2 is 2.07 bits per heavy atom. The number of methoxy groups -OCH3 is 1. The van der Waals surface area contributed by atoms with Crippen LogP contribution in [0.4, 0.5) is 0 Å². The highest BCUT2D eigenvalue weighted by molar-refractivity contribution is 5.79. The predicted octanol–water partition coefficient (Wildman–Crippen LogP) is 3.86. The predicted molar refractivity (Wildman–Crippen MR) is 106 cm³/mol. The molecule has 2 N–H and O–H groups in total. The highest BCUT2D eigenvalue weighted by Crippen LogP contribution is 2.30. The second kappa shape index (κ2) is 9.90. The third-order valence-corrected chi connectivity index (χ3v) is 4.63. The van der Waals surface area contributed by atoms with E-state index in [1.54, 1.807) is 13.4 Å². The Morgan fingerprint density at radius 3 is 2.78 bits per heavy atom. The lowest BCUT2D eigenvalue weighted by Crippen LogP contribution is -2.36. The van der Waals surface area contributed by atoms with Crippen molar-refractivity contribution in [3.8, 4) is 11.5 Å². The van der Waals surface area contributed by atoms with Crippen molar-refractivity contribution in [2.45, 2.75) is 51.8 Å². The molecule has 1 saturated carbocycles. The normalized spacial score (nSPS) is 15.0. The van der Waals surface area contributed by atoms with E-state index in [1.165, 1.54) is 12.8 Å². The van der Waals surface area contributed by atoms with Gasteiger partial charge in [-0.3, -0.25) is 0 Å².